The minimum atomic E-state index is -0.891. The molecule has 0 spiro atoms. The molecule has 106 valence electrons. The highest BCUT2D eigenvalue weighted by Gasteiger charge is 2.39. The molecule has 0 heterocycles. The molecule has 0 aromatic heterocycles. The third-order valence-corrected chi connectivity index (χ3v) is 4.67. The van der Waals surface area contributed by atoms with E-state index in [1.165, 1.54) is 17.6 Å². The summed E-state index contributed by atoms with van der Waals surface area (Å²) in [6.07, 6.45) is 8.16. The van der Waals surface area contributed by atoms with Gasteiger partial charge in [0.1, 0.15) is 0 Å². The molecule has 1 atom stereocenters. The number of rotatable bonds is 3. The topological polar surface area (TPSA) is 43.4 Å². The number of aldehydes is 1. The van der Waals surface area contributed by atoms with Gasteiger partial charge in [-0.05, 0) is 39.5 Å². The molecule has 1 saturated carbocycles. The van der Waals surface area contributed by atoms with Crippen LogP contribution < -0.4 is 0 Å². The van der Waals surface area contributed by atoms with Crippen LogP contribution >= 0.6 is 0 Å². The van der Waals surface area contributed by atoms with E-state index in [2.05, 4.69) is 6.92 Å². The second kappa shape index (κ2) is 5.89. The largest absolute Gasteiger partial charge is 0.451 e. The van der Waals surface area contributed by atoms with Crippen molar-refractivity contribution in [2.45, 2.75) is 70.8 Å². The van der Waals surface area contributed by atoms with Gasteiger partial charge in [0.05, 0.1) is 5.92 Å². The maximum absolute atomic E-state index is 12.2. The van der Waals surface area contributed by atoms with Crippen LogP contribution in [0.2, 0.25) is 0 Å². The lowest BCUT2D eigenvalue weighted by atomic mass is 9.82. The minimum Gasteiger partial charge on any atom is -0.451 e. The highest BCUT2D eigenvalue weighted by atomic mass is 16.6. The summed E-state index contributed by atoms with van der Waals surface area (Å²) < 4.78 is 5.65. The Morgan fingerprint density at radius 2 is 1.89 bits per heavy atom. The van der Waals surface area contributed by atoms with Crippen molar-refractivity contribution in [1.29, 1.82) is 0 Å². The molecule has 2 aliphatic rings. The Labute approximate surface area is 115 Å². The summed E-state index contributed by atoms with van der Waals surface area (Å²) in [7, 11) is 0. The van der Waals surface area contributed by atoms with Crippen molar-refractivity contribution < 1.29 is 14.3 Å². The summed E-state index contributed by atoms with van der Waals surface area (Å²) in [5.41, 5.74) is 1.62. The van der Waals surface area contributed by atoms with Crippen LogP contribution in [0.4, 0.5) is 0 Å². The molecule has 0 aromatic rings. The van der Waals surface area contributed by atoms with Crippen molar-refractivity contribution in [3.8, 4) is 0 Å². The third kappa shape index (κ3) is 3.26. The predicted molar refractivity (Wildman–Crippen MR) is 73.7 cm³/mol. The molecule has 0 bridgehead atoms. The Kier molecular flexibility index (Phi) is 4.43. The highest BCUT2D eigenvalue weighted by Crippen LogP contribution is 2.35. The van der Waals surface area contributed by atoms with Crippen molar-refractivity contribution in [2.24, 2.45) is 5.92 Å². The molecule has 0 aromatic carbocycles. The zero-order chi connectivity index (χ0) is 13.9. The van der Waals surface area contributed by atoms with Crippen LogP contribution in [0.1, 0.15) is 65.2 Å². The normalized spacial score (nSPS) is 29.2. The van der Waals surface area contributed by atoms with E-state index >= 15 is 0 Å². The Balaban J connectivity index is 2.02. The number of carbonyl (C=O) groups excluding carboxylic acids is 2. The summed E-state index contributed by atoms with van der Waals surface area (Å²) >= 11 is 0. The van der Waals surface area contributed by atoms with Gasteiger partial charge in [-0.2, -0.15) is 0 Å². The fourth-order valence-corrected chi connectivity index (χ4v) is 3.13. The first-order valence-corrected chi connectivity index (χ1v) is 7.41. The second-order valence-electron chi connectivity index (χ2n) is 6.18. The predicted octanol–water partition coefficient (Wildman–Crippen LogP) is 3.57. The summed E-state index contributed by atoms with van der Waals surface area (Å²) in [5.74, 6) is -0.142. The maximum atomic E-state index is 12.2. The quantitative estimate of drug-likeness (QED) is 0.444. The zero-order valence-corrected chi connectivity index (χ0v) is 12.0. The molecule has 3 nitrogen and oxygen atoms in total. The first kappa shape index (κ1) is 14.3. The van der Waals surface area contributed by atoms with E-state index in [4.69, 9.17) is 4.74 Å². The van der Waals surface area contributed by atoms with Crippen LogP contribution in [0, 0.1) is 5.92 Å². The lowest BCUT2D eigenvalue weighted by Crippen LogP contribution is -2.41. The van der Waals surface area contributed by atoms with Crippen LogP contribution in [-0.4, -0.2) is 17.9 Å². The lowest BCUT2D eigenvalue weighted by molar-refractivity contribution is -0.169. The van der Waals surface area contributed by atoms with Gasteiger partial charge in [-0.3, -0.25) is 9.59 Å². The van der Waals surface area contributed by atoms with Crippen molar-refractivity contribution in [3.63, 3.8) is 0 Å². The van der Waals surface area contributed by atoms with Crippen LogP contribution in [0.15, 0.2) is 11.1 Å². The van der Waals surface area contributed by atoms with E-state index in [-0.39, 0.29) is 11.9 Å². The van der Waals surface area contributed by atoms with E-state index in [0.29, 0.717) is 12.8 Å². The van der Waals surface area contributed by atoms with E-state index in [1.54, 1.807) is 0 Å². The average molecular weight is 264 g/mol. The van der Waals surface area contributed by atoms with Crippen molar-refractivity contribution in [3.05, 3.63) is 11.1 Å². The summed E-state index contributed by atoms with van der Waals surface area (Å²) in [4.78, 5) is 23.7. The molecule has 0 aliphatic heterocycles. The molecular formula is C16H24O3. The van der Waals surface area contributed by atoms with Crippen molar-refractivity contribution in [1.82, 2.24) is 0 Å². The van der Waals surface area contributed by atoms with Crippen LogP contribution in [-0.2, 0) is 14.3 Å². The smallest absolute Gasteiger partial charge is 0.309 e. The molecule has 19 heavy (non-hydrogen) atoms. The maximum Gasteiger partial charge on any atom is 0.309 e. The van der Waals surface area contributed by atoms with E-state index in [1.807, 2.05) is 6.92 Å². The van der Waals surface area contributed by atoms with Crippen LogP contribution in [0.25, 0.3) is 0 Å². The number of esters is 1. The molecule has 1 fully saturated rings. The molecule has 0 unspecified atom stereocenters. The van der Waals surface area contributed by atoms with Gasteiger partial charge in [-0.15, -0.1) is 0 Å². The van der Waals surface area contributed by atoms with Gasteiger partial charge in [-0.1, -0.05) is 30.4 Å². The molecular weight excluding hydrogens is 240 g/mol. The van der Waals surface area contributed by atoms with Crippen LogP contribution in [0.3, 0.4) is 0 Å². The molecule has 2 rings (SSSR count). The van der Waals surface area contributed by atoms with Crippen LogP contribution in [0.5, 0.6) is 0 Å². The van der Waals surface area contributed by atoms with Gasteiger partial charge < -0.3 is 4.74 Å². The van der Waals surface area contributed by atoms with E-state index < -0.39 is 5.60 Å². The third-order valence-electron chi connectivity index (χ3n) is 4.67. The van der Waals surface area contributed by atoms with Gasteiger partial charge in [-0.25, -0.2) is 0 Å². The number of hydrogen-bond donors (Lipinski definition) is 0. The number of hydrogen-bond acceptors (Lipinski definition) is 3. The first-order chi connectivity index (χ1) is 9.06. The highest BCUT2D eigenvalue weighted by molar-refractivity contribution is 5.77. The fraction of sp³-hybridized carbons (Fsp3) is 0.750. The van der Waals surface area contributed by atoms with Gasteiger partial charge in [0.25, 0.3) is 0 Å². The number of allylic oxidation sites excluding steroid dienone is 1. The molecule has 0 amide bonds. The summed E-state index contributed by atoms with van der Waals surface area (Å²) in [6.45, 7) is 4.12. The minimum absolute atomic E-state index is 0.0119. The molecule has 3 heteroatoms. The molecule has 2 aliphatic carbocycles. The van der Waals surface area contributed by atoms with Gasteiger partial charge in [0, 0.05) is 6.42 Å². The number of carbonyl (C=O) groups is 2. The van der Waals surface area contributed by atoms with Gasteiger partial charge in [0.2, 0.25) is 0 Å². The Bertz CT molecular complexity index is 391. The average Bonchev–Trinajstić information content (AvgIpc) is 2.44. The van der Waals surface area contributed by atoms with Crippen molar-refractivity contribution in [2.75, 3.05) is 0 Å². The molecule has 0 N–H and O–H groups in total. The summed E-state index contributed by atoms with van der Waals surface area (Å²) in [5, 5.41) is 0. The van der Waals surface area contributed by atoms with E-state index in [9.17, 15) is 9.59 Å². The first-order valence-electron chi connectivity index (χ1n) is 7.41. The Morgan fingerprint density at radius 1 is 1.21 bits per heavy atom. The second-order valence-corrected chi connectivity index (χ2v) is 6.18. The Hall–Kier alpha value is -1.12. The molecule has 0 radical (unpaired) electrons. The number of ether oxygens (including phenoxy) is 1. The standard InChI is InChI=1S/C16H24O3/c1-12-8-9-16(11-17,10-13(12)2)19-15(18)14-6-4-3-5-7-14/h11,14H,3-10H2,1-2H3/t16-/m0/s1. The van der Waals surface area contributed by atoms with Crippen molar-refractivity contribution >= 4 is 12.3 Å². The monoisotopic (exact) mass is 264 g/mol. The Morgan fingerprint density at radius 3 is 2.47 bits per heavy atom. The fourth-order valence-electron chi connectivity index (χ4n) is 3.13. The molecule has 0 saturated heterocycles. The van der Waals surface area contributed by atoms with E-state index in [0.717, 1.165) is 38.4 Å². The SMILES string of the molecule is CC1=C(C)C[C@@](C=O)(OC(=O)C2CCCCC2)CC1. The zero-order valence-electron chi connectivity index (χ0n) is 12.0. The van der Waals surface area contributed by atoms with Gasteiger partial charge >= 0.3 is 5.97 Å². The van der Waals surface area contributed by atoms with Gasteiger partial charge in [0.15, 0.2) is 11.9 Å². The lowest BCUT2D eigenvalue weighted by Gasteiger charge is -2.34. The summed E-state index contributed by atoms with van der Waals surface area (Å²) in [6, 6.07) is 0.